The molecule has 1 fully saturated rings. The van der Waals surface area contributed by atoms with E-state index in [2.05, 4.69) is 20.3 Å². The summed E-state index contributed by atoms with van der Waals surface area (Å²) in [4.78, 5) is 24.7. The second-order valence-corrected chi connectivity index (χ2v) is 7.87. The second kappa shape index (κ2) is 8.12. The van der Waals surface area contributed by atoms with Gasteiger partial charge in [-0.3, -0.25) is 4.79 Å². The highest BCUT2D eigenvalue weighted by atomic mass is 19.3. The van der Waals surface area contributed by atoms with Gasteiger partial charge < -0.3 is 19.6 Å². The average Bonchev–Trinajstić information content (AvgIpc) is 3.43. The normalized spacial score (nSPS) is 15.6. The Hall–Kier alpha value is -3.96. The van der Waals surface area contributed by atoms with Crippen LogP contribution >= 0.6 is 0 Å². The number of anilines is 2. The largest absolute Gasteiger partial charge is 0.431 e. The lowest BCUT2D eigenvalue weighted by Gasteiger charge is -2.32. The number of oxazole rings is 1. The van der Waals surface area contributed by atoms with Crippen LogP contribution in [0.4, 0.5) is 33.5 Å². The summed E-state index contributed by atoms with van der Waals surface area (Å²) in [5, 5.41) is 2.77. The van der Waals surface area contributed by atoms with E-state index in [0.717, 1.165) is 24.4 Å². The number of rotatable bonds is 4. The molecule has 0 radical (unpaired) electrons. The van der Waals surface area contributed by atoms with Crippen molar-refractivity contribution in [3.05, 3.63) is 60.0 Å². The molecule has 7 nitrogen and oxygen atoms in total. The molecule has 0 atom stereocenters. The number of fused-ring (bicyclic) bond motifs is 1. The van der Waals surface area contributed by atoms with E-state index < -0.39 is 29.3 Å². The molecular weight excluding hydrogens is 461 g/mol. The Morgan fingerprint density at radius 1 is 1.03 bits per heavy atom. The van der Waals surface area contributed by atoms with E-state index in [-0.39, 0.29) is 65.6 Å². The number of aromatic amines is 1. The summed E-state index contributed by atoms with van der Waals surface area (Å²) in [5.41, 5.74) is 0.625. The topological polar surface area (TPSA) is 87.0 Å². The number of carbonyl (C=O) groups is 1. The highest BCUT2D eigenvalue weighted by Gasteiger charge is 2.35. The van der Waals surface area contributed by atoms with Gasteiger partial charge in [-0.2, -0.15) is 0 Å². The number of amides is 1. The molecule has 12 heteroatoms. The lowest BCUT2D eigenvalue weighted by Crippen LogP contribution is -2.40. The number of aromatic nitrogens is 3. The first-order chi connectivity index (χ1) is 16.2. The maximum Gasteiger partial charge on any atom is 0.293 e. The van der Waals surface area contributed by atoms with Crippen LogP contribution in [0.1, 0.15) is 23.4 Å². The minimum atomic E-state index is -2.76. The summed E-state index contributed by atoms with van der Waals surface area (Å²) in [6.07, 6.45) is 3.00. The molecule has 34 heavy (non-hydrogen) atoms. The minimum Gasteiger partial charge on any atom is -0.431 e. The van der Waals surface area contributed by atoms with Gasteiger partial charge in [-0.1, -0.05) is 0 Å². The summed E-state index contributed by atoms with van der Waals surface area (Å²) in [6.45, 7) is -0.0477. The van der Waals surface area contributed by atoms with Crippen molar-refractivity contribution in [3.8, 4) is 11.5 Å². The lowest BCUT2D eigenvalue weighted by atomic mass is 10.1. The van der Waals surface area contributed by atoms with Crippen LogP contribution in [0.25, 0.3) is 22.4 Å². The third-order valence-electron chi connectivity index (χ3n) is 5.56. The van der Waals surface area contributed by atoms with Crippen molar-refractivity contribution in [2.45, 2.75) is 18.8 Å². The van der Waals surface area contributed by atoms with E-state index >= 15 is 0 Å². The van der Waals surface area contributed by atoms with Gasteiger partial charge in [0, 0.05) is 49.8 Å². The average molecular weight is 477 g/mol. The molecule has 0 aliphatic carbocycles. The molecule has 176 valence electrons. The Morgan fingerprint density at radius 3 is 2.50 bits per heavy atom. The van der Waals surface area contributed by atoms with E-state index in [0.29, 0.717) is 0 Å². The van der Waals surface area contributed by atoms with Crippen LogP contribution in [0.5, 0.6) is 0 Å². The highest BCUT2D eigenvalue weighted by molar-refractivity contribution is 6.07. The van der Waals surface area contributed by atoms with Gasteiger partial charge in [-0.25, -0.2) is 31.9 Å². The monoisotopic (exact) mass is 477 g/mol. The Kier molecular flexibility index (Phi) is 5.22. The van der Waals surface area contributed by atoms with Crippen LogP contribution < -0.4 is 10.2 Å². The first-order valence-electron chi connectivity index (χ1n) is 10.2. The number of hydrogen-bond donors (Lipinski definition) is 2. The Labute approximate surface area is 188 Å². The quantitative estimate of drug-likeness (QED) is 0.399. The first-order valence-corrected chi connectivity index (χ1v) is 10.2. The van der Waals surface area contributed by atoms with Gasteiger partial charge in [0.25, 0.3) is 11.8 Å². The Balaban J connectivity index is 1.32. The number of halogens is 5. The molecule has 1 amide bonds. The molecule has 0 unspecified atom stereocenters. The van der Waals surface area contributed by atoms with Gasteiger partial charge in [0.2, 0.25) is 11.7 Å². The number of benzene rings is 1. The molecule has 4 heterocycles. The summed E-state index contributed by atoms with van der Waals surface area (Å²) in [6, 6.07) is 3.01. The van der Waals surface area contributed by atoms with Crippen LogP contribution in [0.15, 0.2) is 41.2 Å². The van der Waals surface area contributed by atoms with Crippen molar-refractivity contribution in [3.63, 3.8) is 0 Å². The fraction of sp³-hybridized carbons (Fsp3) is 0.227. The predicted octanol–water partition coefficient (Wildman–Crippen LogP) is 5.12. The van der Waals surface area contributed by atoms with Gasteiger partial charge >= 0.3 is 0 Å². The molecule has 1 aromatic carbocycles. The molecule has 2 N–H and O–H groups in total. The fourth-order valence-electron chi connectivity index (χ4n) is 3.74. The van der Waals surface area contributed by atoms with E-state index in [1.54, 1.807) is 0 Å². The second-order valence-electron chi connectivity index (χ2n) is 7.87. The fourth-order valence-corrected chi connectivity index (χ4v) is 3.74. The molecule has 5 rings (SSSR count). The van der Waals surface area contributed by atoms with Crippen LogP contribution in [-0.4, -0.2) is 39.9 Å². The van der Waals surface area contributed by atoms with Crippen molar-refractivity contribution in [2.24, 2.45) is 0 Å². The maximum atomic E-state index is 14.6. The van der Waals surface area contributed by atoms with Crippen molar-refractivity contribution in [2.75, 3.05) is 23.3 Å². The summed E-state index contributed by atoms with van der Waals surface area (Å²) in [7, 11) is 0. The highest BCUT2D eigenvalue weighted by Crippen LogP contribution is 2.32. The molecule has 0 spiro atoms. The number of pyridine rings is 1. The molecule has 4 aromatic rings. The lowest BCUT2D eigenvalue weighted by molar-refractivity contribution is -0.0222. The number of H-pyrrole nitrogens is 1. The third kappa shape index (κ3) is 4.06. The summed E-state index contributed by atoms with van der Waals surface area (Å²) >= 11 is 0. The van der Waals surface area contributed by atoms with Crippen LogP contribution in [0.2, 0.25) is 0 Å². The number of nitrogens with one attached hydrogen (secondary N) is 2. The van der Waals surface area contributed by atoms with Gasteiger partial charge in [0.15, 0.2) is 23.3 Å². The zero-order valence-corrected chi connectivity index (χ0v) is 17.3. The van der Waals surface area contributed by atoms with Crippen LogP contribution in [-0.2, 0) is 0 Å². The van der Waals surface area contributed by atoms with Gasteiger partial charge in [-0.15, -0.1) is 0 Å². The third-order valence-corrected chi connectivity index (χ3v) is 5.56. The Bertz CT molecular complexity index is 1390. The van der Waals surface area contributed by atoms with Gasteiger partial charge in [0.1, 0.15) is 0 Å². The zero-order valence-electron chi connectivity index (χ0n) is 17.3. The molecule has 1 aliphatic heterocycles. The van der Waals surface area contributed by atoms with Gasteiger partial charge in [-0.05, 0) is 12.1 Å². The molecule has 0 bridgehead atoms. The zero-order chi connectivity index (χ0) is 24.0. The van der Waals surface area contributed by atoms with E-state index in [4.69, 9.17) is 4.42 Å². The maximum absolute atomic E-state index is 14.6. The standard InChI is InChI=1S/C22H16F5N5O2/c23-13-6-12-16(7-14(13)24)28-9-17(12)31-20(33)18-10-30-21(34-18)11-5-15(25)19(29-8-11)32-3-1-22(26,27)2-4-32/h5-10,28H,1-4H2,(H,31,33). The van der Waals surface area contributed by atoms with Crippen molar-refractivity contribution >= 4 is 28.3 Å². The SMILES string of the molecule is O=C(Nc1c[nH]c2cc(F)c(F)cc12)c1cnc(-c2cnc(N3CCC(F)(F)CC3)c(F)c2)o1. The van der Waals surface area contributed by atoms with E-state index in [9.17, 15) is 26.7 Å². The van der Waals surface area contributed by atoms with Gasteiger partial charge in [0.05, 0.1) is 23.0 Å². The number of piperidine rings is 1. The van der Waals surface area contributed by atoms with Crippen molar-refractivity contribution in [1.82, 2.24) is 15.0 Å². The minimum absolute atomic E-state index is 0.0238. The number of alkyl halides is 2. The molecule has 3 aromatic heterocycles. The predicted molar refractivity (Wildman–Crippen MR) is 112 cm³/mol. The van der Waals surface area contributed by atoms with E-state index in [1.165, 1.54) is 17.3 Å². The number of nitrogens with zero attached hydrogens (tertiary/aromatic N) is 3. The van der Waals surface area contributed by atoms with Crippen molar-refractivity contribution < 1.29 is 31.2 Å². The molecule has 1 aliphatic rings. The first kappa shape index (κ1) is 21.9. The Morgan fingerprint density at radius 2 is 1.76 bits per heavy atom. The number of hydrogen-bond acceptors (Lipinski definition) is 5. The smallest absolute Gasteiger partial charge is 0.293 e. The molecule has 0 saturated carbocycles. The van der Waals surface area contributed by atoms with Crippen molar-refractivity contribution in [1.29, 1.82) is 0 Å². The van der Waals surface area contributed by atoms with Crippen LogP contribution in [0.3, 0.4) is 0 Å². The summed E-state index contributed by atoms with van der Waals surface area (Å²) < 4.78 is 73.7. The van der Waals surface area contributed by atoms with E-state index in [1.807, 2.05) is 0 Å². The summed E-state index contributed by atoms with van der Waals surface area (Å²) in [5.74, 6) is -6.66. The van der Waals surface area contributed by atoms with Crippen LogP contribution in [0, 0.1) is 17.5 Å². The number of carbonyl (C=O) groups excluding carboxylic acids is 1. The molecular formula is C22H16F5N5O2. The molecule has 1 saturated heterocycles.